The highest BCUT2D eigenvalue weighted by atomic mass is 32.2. The molecule has 9 N–H and O–H groups in total. The number of nitrogens with zero attached hydrogens (tertiary/aromatic N) is 8. The van der Waals surface area contributed by atoms with Crippen LogP contribution in [-0.4, -0.2) is 179 Å². The Morgan fingerprint density at radius 1 is 0.702 bits per heavy atom. The Kier molecular flexibility index (Phi) is 30.9. The number of hydrogen-bond acceptors (Lipinski definition) is 26. The predicted molar refractivity (Wildman–Crippen MR) is 342 cm³/mol. The average Bonchev–Trinajstić information content (AvgIpc) is 0.782. The number of aliphatic carboxylic acids is 1. The van der Waals surface area contributed by atoms with Gasteiger partial charge < -0.3 is 58.1 Å². The molecule has 0 fully saturated rings. The lowest BCUT2D eigenvalue weighted by Gasteiger charge is -2.17. The number of sulfonamides is 2. The van der Waals surface area contributed by atoms with Crippen LogP contribution in [0.2, 0.25) is 0 Å². The van der Waals surface area contributed by atoms with E-state index in [1.54, 1.807) is 17.0 Å². The van der Waals surface area contributed by atoms with Gasteiger partial charge in [0, 0.05) is 39.0 Å². The van der Waals surface area contributed by atoms with E-state index in [4.69, 9.17) is 43.7 Å². The number of aryl methyl sites for hydroxylation is 1. The molecule has 0 aliphatic rings. The number of ether oxygens (including phenoxy) is 7. The van der Waals surface area contributed by atoms with Crippen LogP contribution in [0.3, 0.4) is 0 Å². The van der Waals surface area contributed by atoms with Gasteiger partial charge in [0.1, 0.15) is 28.7 Å². The summed E-state index contributed by atoms with van der Waals surface area (Å²) in [6, 6.07) is 17.8. The van der Waals surface area contributed by atoms with E-state index in [0.717, 1.165) is 31.2 Å². The third-order valence-corrected chi connectivity index (χ3v) is 15.6. The van der Waals surface area contributed by atoms with Crippen molar-refractivity contribution in [3.63, 3.8) is 0 Å². The quantitative estimate of drug-likeness (QED) is 0.0206. The second kappa shape index (κ2) is 37.9. The first kappa shape index (κ1) is 84.8. The van der Waals surface area contributed by atoms with Crippen LogP contribution in [0.1, 0.15) is 51.4 Å². The van der Waals surface area contributed by atoms with E-state index in [-0.39, 0.29) is 35.6 Å². The first-order valence-corrected chi connectivity index (χ1v) is 33.2. The smallest absolute Gasteiger partial charge is 0.431 e. The predicted octanol–water partition coefficient (Wildman–Crippen LogP) is 4.42. The van der Waals surface area contributed by atoms with Crippen molar-refractivity contribution < 1.29 is 134 Å². The Morgan fingerprint density at radius 2 is 1.23 bits per heavy atom. The van der Waals surface area contributed by atoms with Gasteiger partial charge >= 0.3 is 62.7 Å². The number of urea groups is 2. The molecule has 1 atom stereocenters. The summed E-state index contributed by atoms with van der Waals surface area (Å²) >= 11 is 0. The molecule has 7 rings (SSSR count). The molecule has 0 aliphatic carbocycles. The molecule has 0 aliphatic heterocycles. The second-order valence-electron chi connectivity index (χ2n) is 19.9. The number of esters is 1. The maximum atomic E-state index is 13.1. The minimum absolute atomic E-state index is 0.0779. The minimum atomic E-state index is -4.84. The number of halogens is 7. The van der Waals surface area contributed by atoms with Gasteiger partial charge in [0.2, 0.25) is 35.4 Å². The van der Waals surface area contributed by atoms with Crippen molar-refractivity contribution in [2.75, 3.05) is 58.9 Å². The summed E-state index contributed by atoms with van der Waals surface area (Å²) in [5.74, 6) is -5.95. The number of carboxylic acid groups (broad SMARTS) is 2. The maximum absolute atomic E-state index is 13.1. The molecule has 1 unspecified atom stereocenters. The fraction of sp³-hybridized carbons (Fsp3) is 0.281. The molecule has 4 heterocycles. The SMILES string of the molecule is CCc1ccc(COc2ccc(-n3c(=O)cc(C(F)(F)F)n(C)c3=O)cc2)c(OC(C)C(=O)OC)c1.COc1cc(OC)nc(NC(=O)NS(=O)(=O)c2ncccc2C(=O)N(C)C)n1.O=C(Nc1nc(OC(F)F)cc(OC(F)F)n1)NS(=O)(=O)c1ccccc1C(=O)O.O=C(O)CNCP(=O)(O)O. The molecule has 5 amide bonds. The molecule has 37 nitrogen and oxygen atoms in total. The van der Waals surface area contributed by atoms with Gasteiger partial charge in [-0.3, -0.25) is 39.5 Å². The molecular formula is C57H61F7N13O24PS2. The molecule has 0 saturated heterocycles. The summed E-state index contributed by atoms with van der Waals surface area (Å²) in [4.78, 5) is 128. The van der Waals surface area contributed by atoms with Crippen LogP contribution in [0, 0.1) is 0 Å². The number of aromatic carboxylic acids is 1. The Bertz CT molecular complexity index is 4590. The molecule has 47 heteroatoms. The van der Waals surface area contributed by atoms with E-state index in [1.807, 2.05) is 25.1 Å². The summed E-state index contributed by atoms with van der Waals surface area (Å²) in [6.07, 6.45) is -4.32. The van der Waals surface area contributed by atoms with Crippen LogP contribution in [0.4, 0.5) is 52.2 Å². The van der Waals surface area contributed by atoms with E-state index in [9.17, 15) is 90.5 Å². The lowest BCUT2D eigenvalue weighted by molar-refractivity contribution is -0.148. The van der Waals surface area contributed by atoms with Gasteiger partial charge in [-0.25, -0.2) is 51.4 Å². The fourth-order valence-electron chi connectivity index (χ4n) is 7.67. The molecule has 0 saturated carbocycles. The van der Waals surface area contributed by atoms with Crippen LogP contribution in [0.25, 0.3) is 5.69 Å². The molecule has 0 bridgehead atoms. The maximum Gasteiger partial charge on any atom is 0.431 e. The molecule has 7 aromatic rings. The molecular weight excluding hydrogens is 1480 g/mol. The van der Waals surface area contributed by atoms with E-state index in [0.29, 0.717) is 38.3 Å². The largest absolute Gasteiger partial charge is 0.489 e. The van der Waals surface area contributed by atoms with Gasteiger partial charge in [-0.1, -0.05) is 31.2 Å². The minimum Gasteiger partial charge on any atom is -0.489 e. The van der Waals surface area contributed by atoms with E-state index in [2.05, 4.69) is 45.0 Å². The number of pyridine rings is 1. The lowest BCUT2D eigenvalue weighted by Crippen LogP contribution is -2.40. The number of hydrogen-bond donors (Lipinski definition) is 9. The van der Waals surface area contributed by atoms with E-state index >= 15 is 0 Å². The van der Waals surface area contributed by atoms with Crippen molar-refractivity contribution in [3.8, 4) is 40.7 Å². The molecule has 564 valence electrons. The van der Waals surface area contributed by atoms with Crippen molar-refractivity contribution in [1.82, 2.24) is 53.7 Å². The standard InChI is InChI=1S/C25H25F3N2O6.C15H18N6O6S.C14H10F4N4O7S.C3H8NO5P/c1-5-16-6-7-17(20(12-16)36-15(2)23(32)34-4)14-35-19-10-8-18(9-11-19)30-22(31)13-21(25(26,27)28)29(3)24(30)33;1-21(2)13(22)9-6-5-7-16-12(9)28(24,25)20-15(23)19-14-17-10(26-3)8-11(18-14)27-4;15-11(16)28-8-5-9(29-12(17)18)20-13(19-8)21-14(25)22-30(26,27)7-4-2-1-3-6(7)10(23)24;5-3(6)1-4-2-10(7,8)9/h6-13,15H,5,14H2,1-4H3;5-8H,1-4H3,(H2,17,18,19,20,23);1-5,11-12H,(H,23,24)(H2,19,20,21,22,25);4H,1-2H2,(H,5,6)(H2,7,8,9). The van der Waals surface area contributed by atoms with Crippen molar-refractivity contribution in [2.24, 2.45) is 7.05 Å². The molecule has 104 heavy (non-hydrogen) atoms. The van der Waals surface area contributed by atoms with Gasteiger partial charge in [-0.05, 0) is 73.5 Å². The van der Waals surface area contributed by atoms with Crippen LogP contribution < -0.4 is 65.1 Å². The van der Waals surface area contributed by atoms with Gasteiger partial charge in [-0.2, -0.15) is 59.1 Å². The number of anilines is 2. The number of aromatic nitrogens is 7. The zero-order valence-electron chi connectivity index (χ0n) is 54.8. The number of rotatable bonds is 26. The summed E-state index contributed by atoms with van der Waals surface area (Å²) < 4.78 is 186. The molecule has 0 spiro atoms. The fourth-order valence-corrected chi connectivity index (χ4v) is 10.2. The van der Waals surface area contributed by atoms with Crippen LogP contribution in [0.15, 0.2) is 123 Å². The number of benzene rings is 3. The Hall–Kier alpha value is -11.6. The van der Waals surface area contributed by atoms with Gasteiger partial charge in [0.15, 0.2) is 11.1 Å². The zero-order valence-corrected chi connectivity index (χ0v) is 57.3. The number of methoxy groups -OCH3 is 3. The first-order chi connectivity index (χ1) is 48.5. The molecule has 3 aromatic carbocycles. The van der Waals surface area contributed by atoms with Gasteiger partial charge in [-0.15, -0.1) is 0 Å². The third-order valence-electron chi connectivity index (χ3n) is 12.2. The number of amides is 5. The normalized spacial score (nSPS) is 11.5. The number of nitrogens with one attached hydrogen (secondary N) is 5. The summed E-state index contributed by atoms with van der Waals surface area (Å²) in [6.45, 7) is -3.63. The zero-order chi connectivity index (χ0) is 78.2. The Morgan fingerprint density at radius 3 is 1.72 bits per heavy atom. The number of carbonyl (C=O) groups excluding carboxylic acids is 4. The van der Waals surface area contributed by atoms with Crippen molar-refractivity contribution in [3.05, 3.63) is 152 Å². The molecule has 0 radical (unpaired) electrons. The van der Waals surface area contributed by atoms with Crippen LogP contribution in [-0.2, 0) is 65.2 Å². The summed E-state index contributed by atoms with van der Waals surface area (Å²) in [5, 5.41) is 22.4. The number of carboxylic acids is 2. The highest BCUT2D eigenvalue weighted by Crippen LogP contribution is 2.32. The summed E-state index contributed by atoms with van der Waals surface area (Å²) in [7, 11) is -5.44. The van der Waals surface area contributed by atoms with Gasteiger partial charge in [0.25, 0.3) is 31.5 Å². The number of alkyl halides is 7. The summed E-state index contributed by atoms with van der Waals surface area (Å²) in [5.41, 5.74) is -2.63. The van der Waals surface area contributed by atoms with E-state index in [1.165, 1.54) is 106 Å². The topological polar surface area (TPSA) is 505 Å². The van der Waals surface area contributed by atoms with Crippen LogP contribution >= 0.6 is 7.60 Å². The molecule has 4 aromatic heterocycles. The third kappa shape index (κ3) is 26.4. The van der Waals surface area contributed by atoms with Crippen molar-refractivity contribution in [1.29, 1.82) is 0 Å². The van der Waals surface area contributed by atoms with Gasteiger partial charge in [0.05, 0.1) is 63.1 Å². The average molecular weight is 1540 g/mol. The highest BCUT2D eigenvalue weighted by Gasteiger charge is 2.35. The monoisotopic (exact) mass is 1540 g/mol. The van der Waals surface area contributed by atoms with Crippen LogP contribution in [0.5, 0.6) is 35.0 Å². The first-order valence-electron chi connectivity index (χ1n) is 28.4. The van der Waals surface area contributed by atoms with E-state index < -0.39 is 152 Å². The highest BCUT2D eigenvalue weighted by molar-refractivity contribution is 7.90. The Labute approximate surface area is 582 Å². The van der Waals surface area contributed by atoms with Crippen molar-refractivity contribution >= 4 is 75.4 Å². The van der Waals surface area contributed by atoms with Crippen molar-refractivity contribution in [2.45, 2.75) is 62.3 Å². The number of carbonyl (C=O) groups is 6. The Balaban J connectivity index is 0.000000311. The lowest BCUT2D eigenvalue weighted by atomic mass is 10.1. The second-order valence-corrected chi connectivity index (χ2v) is 24.8.